The third-order valence-corrected chi connectivity index (χ3v) is 4.95. The first-order valence-electron chi connectivity index (χ1n) is 9.35. The summed E-state index contributed by atoms with van der Waals surface area (Å²) >= 11 is 0. The lowest BCUT2D eigenvalue weighted by molar-refractivity contribution is -0.115. The molecule has 1 atom stereocenters. The van der Waals surface area contributed by atoms with Crippen LogP contribution in [0.1, 0.15) is 22.6 Å². The van der Waals surface area contributed by atoms with Crippen molar-refractivity contribution in [2.75, 3.05) is 19.5 Å². The second-order valence-electron chi connectivity index (χ2n) is 6.74. The van der Waals surface area contributed by atoms with Crippen molar-refractivity contribution in [3.05, 3.63) is 83.4 Å². The van der Waals surface area contributed by atoms with Gasteiger partial charge in [0.2, 0.25) is 5.91 Å². The highest BCUT2D eigenvalue weighted by atomic mass is 16.5. The molecule has 3 aromatic rings. The summed E-state index contributed by atoms with van der Waals surface area (Å²) in [6.45, 7) is 0. The molecule has 0 saturated carbocycles. The SMILES string of the molecule is COc1cc2c(cc1OC)C(C(=Nc1ccccc1)c1cccc(C#N)c1)C(=O)N2. The van der Waals surface area contributed by atoms with Crippen LogP contribution in [-0.2, 0) is 4.79 Å². The van der Waals surface area contributed by atoms with Crippen LogP contribution in [0.25, 0.3) is 0 Å². The van der Waals surface area contributed by atoms with Gasteiger partial charge in [-0.05, 0) is 41.5 Å². The van der Waals surface area contributed by atoms with Crippen molar-refractivity contribution in [3.63, 3.8) is 0 Å². The van der Waals surface area contributed by atoms with Crippen LogP contribution in [0, 0.1) is 11.3 Å². The summed E-state index contributed by atoms with van der Waals surface area (Å²) in [5, 5.41) is 12.3. The molecule has 30 heavy (non-hydrogen) atoms. The lowest BCUT2D eigenvalue weighted by atomic mass is 9.89. The maximum absolute atomic E-state index is 13.1. The molecule has 0 fully saturated rings. The van der Waals surface area contributed by atoms with E-state index >= 15 is 0 Å². The molecule has 1 N–H and O–H groups in total. The van der Waals surface area contributed by atoms with Crippen molar-refractivity contribution < 1.29 is 14.3 Å². The molecule has 6 nitrogen and oxygen atoms in total. The van der Waals surface area contributed by atoms with Gasteiger partial charge in [0.05, 0.1) is 37.3 Å². The Hall–Kier alpha value is -4.11. The van der Waals surface area contributed by atoms with Crippen LogP contribution in [0.2, 0.25) is 0 Å². The summed E-state index contributed by atoms with van der Waals surface area (Å²) in [5.41, 5.74) is 3.88. The van der Waals surface area contributed by atoms with Gasteiger partial charge >= 0.3 is 0 Å². The molecule has 1 heterocycles. The first-order chi connectivity index (χ1) is 14.6. The van der Waals surface area contributed by atoms with Crippen molar-refractivity contribution in [2.24, 2.45) is 4.99 Å². The number of para-hydroxylation sites is 1. The number of carbonyl (C=O) groups is 1. The number of aliphatic imine (C=N–C) groups is 1. The molecule has 0 bridgehead atoms. The topological polar surface area (TPSA) is 83.7 Å². The van der Waals surface area contributed by atoms with Gasteiger partial charge in [0.15, 0.2) is 11.5 Å². The Morgan fingerprint density at radius 2 is 1.73 bits per heavy atom. The molecular weight excluding hydrogens is 378 g/mol. The number of nitrogens with one attached hydrogen (secondary N) is 1. The van der Waals surface area contributed by atoms with Crippen molar-refractivity contribution in [2.45, 2.75) is 5.92 Å². The lowest BCUT2D eigenvalue weighted by Crippen LogP contribution is -2.22. The Bertz CT molecular complexity index is 1180. The van der Waals surface area contributed by atoms with E-state index in [-0.39, 0.29) is 5.91 Å². The largest absolute Gasteiger partial charge is 0.493 e. The van der Waals surface area contributed by atoms with Crippen molar-refractivity contribution in [1.29, 1.82) is 5.26 Å². The zero-order valence-electron chi connectivity index (χ0n) is 16.5. The van der Waals surface area contributed by atoms with E-state index in [4.69, 9.17) is 14.5 Å². The second kappa shape index (κ2) is 8.10. The Labute approximate surface area is 174 Å². The van der Waals surface area contributed by atoms with Gasteiger partial charge in [-0.1, -0.05) is 30.3 Å². The van der Waals surface area contributed by atoms with E-state index in [9.17, 15) is 10.1 Å². The highest BCUT2D eigenvalue weighted by molar-refractivity contribution is 6.24. The van der Waals surface area contributed by atoms with Crippen LogP contribution in [0.3, 0.4) is 0 Å². The summed E-state index contributed by atoms with van der Waals surface area (Å²) in [5.74, 6) is 0.208. The molecule has 148 valence electrons. The standard InChI is InChI=1S/C24H19N3O3/c1-29-20-12-18-19(13-21(20)30-2)27-24(28)22(18)23(26-17-9-4-3-5-10-17)16-8-6-7-15(11-16)14-25/h3-13,22H,1-2H3,(H,27,28). The molecule has 0 radical (unpaired) electrons. The number of hydrogen-bond acceptors (Lipinski definition) is 5. The molecule has 0 aliphatic carbocycles. The monoisotopic (exact) mass is 397 g/mol. The Kier molecular flexibility index (Phi) is 5.19. The average Bonchev–Trinajstić information content (AvgIpc) is 3.11. The zero-order valence-corrected chi connectivity index (χ0v) is 16.5. The molecule has 1 unspecified atom stereocenters. The van der Waals surface area contributed by atoms with E-state index in [1.54, 1.807) is 44.6 Å². The van der Waals surface area contributed by atoms with Crippen LogP contribution >= 0.6 is 0 Å². The molecule has 1 amide bonds. The van der Waals surface area contributed by atoms with E-state index in [0.717, 1.165) is 11.3 Å². The number of anilines is 1. The van der Waals surface area contributed by atoms with E-state index in [2.05, 4.69) is 11.4 Å². The summed E-state index contributed by atoms with van der Waals surface area (Å²) < 4.78 is 10.8. The summed E-state index contributed by atoms with van der Waals surface area (Å²) in [7, 11) is 3.10. The Morgan fingerprint density at radius 1 is 1.00 bits per heavy atom. The van der Waals surface area contributed by atoms with Crippen LogP contribution in [0.15, 0.2) is 71.7 Å². The number of rotatable bonds is 5. The Morgan fingerprint density at radius 3 is 2.43 bits per heavy atom. The minimum Gasteiger partial charge on any atom is -0.493 e. The minimum absolute atomic E-state index is 0.197. The number of benzene rings is 3. The van der Waals surface area contributed by atoms with Gasteiger partial charge in [0.25, 0.3) is 0 Å². The van der Waals surface area contributed by atoms with Gasteiger partial charge in [-0.25, -0.2) is 0 Å². The quantitative estimate of drug-likeness (QED) is 0.646. The first kappa shape index (κ1) is 19.2. The number of nitrogens with zero attached hydrogens (tertiary/aromatic N) is 2. The number of nitriles is 1. The zero-order chi connectivity index (χ0) is 21.1. The molecule has 0 aromatic heterocycles. The average molecular weight is 397 g/mol. The molecule has 1 aliphatic heterocycles. The number of amides is 1. The second-order valence-corrected chi connectivity index (χ2v) is 6.74. The molecule has 0 spiro atoms. The van der Waals surface area contributed by atoms with Crippen LogP contribution in [-0.4, -0.2) is 25.8 Å². The van der Waals surface area contributed by atoms with E-state index in [0.29, 0.717) is 34.0 Å². The van der Waals surface area contributed by atoms with Crippen molar-refractivity contribution >= 4 is 23.0 Å². The van der Waals surface area contributed by atoms with Gasteiger partial charge < -0.3 is 14.8 Å². The maximum Gasteiger partial charge on any atom is 0.238 e. The van der Waals surface area contributed by atoms with Gasteiger partial charge in [0.1, 0.15) is 5.92 Å². The molecule has 1 aliphatic rings. The number of methoxy groups -OCH3 is 2. The van der Waals surface area contributed by atoms with Gasteiger partial charge in [-0.2, -0.15) is 5.26 Å². The summed E-state index contributed by atoms with van der Waals surface area (Å²) in [6.07, 6.45) is 0. The lowest BCUT2D eigenvalue weighted by Gasteiger charge is -2.15. The van der Waals surface area contributed by atoms with Gasteiger partial charge in [0, 0.05) is 11.8 Å². The minimum atomic E-state index is -0.658. The fourth-order valence-electron chi connectivity index (χ4n) is 3.54. The van der Waals surface area contributed by atoms with Gasteiger partial charge in [-0.3, -0.25) is 9.79 Å². The molecule has 4 rings (SSSR count). The fraction of sp³-hybridized carbons (Fsp3) is 0.125. The first-order valence-corrected chi connectivity index (χ1v) is 9.35. The number of hydrogen-bond donors (Lipinski definition) is 1. The predicted octanol–water partition coefficient (Wildman–Crippen LogP) is 4.43. The third-order valence-electron chi connectivity index (χ3n) is 4.95. The van der Waals surface area contributed by atoms with Crippen molar-refractivity contribution in [3.8, 4) is 17.6 Å². The maximum atomic E-state index is 13.1. The van der Waals surface area contributed by atoms with E-state index in [1.807, 2.05) is 36.4 Å². The van der Waals surface area contributed by atoms with Crippen LogP contribution in [0.5, 0.6) is 11.5 Å². The number of ether oxygens (including phenoxy) is 2. The molecule has 6 heteroatoms. The highest BCUT2D eigenvalue weighted by Gasteiger charge is 2.36. The van der Waals surface area contributed by atoms with Gasteiger partial charge in [-0.15, -0.1) is 0 Å². The molecule has 3 aromatic carbocycles. The van der Waals surface area contributed by atoms with Crippen molar-refractivity contribution in [1.82, 2.24) is 0 Å². The van der Waals surface area contributed by atoms with E-state index < -0.39 is 5.92 Å². The third kappa shape index (κ3) is 3.49. The number of carbonyl (C=O) groups excluding carboxylic acids is 1. The highest BCUT2D eigenvalue weighted by Crippen LogP contribution is 2.42. The molecular formula is C24H19N3O3. The van der Waals surface area contributed by atoms with E-state index in [1.165, 1.54) is 0 Å². The van der Waals surface area contributed by atoms with Crippen LogP contribution < -0.4 is 14.8 Å². The fourth-order valence-corrected chi connectivity index (χ4v) is 3.54. The summed E-state index contributed by atoms with van der Waals surface area (Å²) in [4.78, 5) is 17.9. The normalized spacial score (nSPS) is 15.2. The molecule has 0 saturated heterocycles. The Balaban J connectivity index is 1.92. The smallest absolute Gasteiger partial charge is 0.238 e. The van der Waals surface area contributed by atoms with Crippen LogP contribution in [0.4, 0.5) is 11.4 Å². The summed E-state index contributed by atoms with van der Waals surface area (Å²) in [6, 6.07) is 22.2. The predicted molar refractivity (Wildman–Crippen MR) is 115 cm³/mol. The number of fused-ring (bicyclic) bond motifs is 1.